The third kappa shape index (κ3) is 4.74. The van der Waals surface area contributed by atoms with Crippen molar-refractivity contribution in [3.63, 3.8) is 0 Å². The molecule has 3 rings (SSSR count). The van der Waals surface area contributed by atoms with Crippen molar-refractivity contribution in [2.45, 2.75) is 32.7 Å². The smallest absolute Gasteiger partial charge is 0.287 e. The standard InChI is InChI=1S/C22H27N3O2/c1-15-11-16(2)13-19(12-15)24-22(27)20(17-7-4-3-5-8-17)25-10-6-9-18(14-25)21(23)26/h3-5,7-8,11-13,18,20H,6,9-10,14H2,1-2H3,(H2,23,26)(H,24,27)/p+1/t18-,20+/m0/s1. The largest absolute Gasteiger partial charge is 0.369 e. The molecule has 142 valence electrons. The Labute approximate surface area is 160 Å². The molecule has 5 heteroatoms. The Morgan fingerprint density at radius 1 is 1.11 bits per heavy atom. The number of aryl methyl sites for hydroxylation is 2. The van der Waals surface area contributed by atoms with Crippen LogP contribution in [0.3, 0.4) is 0 Å². The first-order chi connectivity index (χ1) is 12.9. The summed E-state index contributed by atoms with van der Waals surface area (Å²) in [6.07, 6.45) is 1.70. The summed E-state index contributed by atoms with van der Waals surface area (Å²) in [5.41, 5.74) is 9.54. The van der Waals surface area contributed by atoms with Crippen molar-refractivity contribution in [3.8, 4) is 0 Å². The molecule has 0 aromatic heterocycles. The van der Waals surface area contributed by atoms with Gasteiger partial charge in [-0.25, -0.2) is 0 Å². The van der Waals surface area contributed by atoms with Crippen LogP contribution in [0.5, 0.6) is 0 Å². The molecule has 1 saturated heterocycles. The summed E-state index contributed by atoms with van der Waals surface area (Å²) in [5.74, 6) is -0.492. The van der Waals surface area contributed by atoms with Gasteiger partial charge in [-0.05, 0) is 49.9 Å². The number of likely N-dealkylation sites (tertiary alicyclic amines) is 1. The normalized spacial score (nSPS) is 20.7. The number of rotatable bonds is 5. The number of quaternary nitrogens is 1. The monoisotopic (exact) mass is 366 g/mol. The maximum atomic E-state index is 13.3. The Morgan fingerprint density at radius 2 is 1.78 bits per heavy atom. The summed E-state index contributed by atoms with van der Waals surface area (Å²) in [7, 11) is 0. The number of amides is 2. The van der Waals surface area contributed by atoms with E-state index in [1.165, 1.54) is 0 Å². The molecule has 0 aliphatic carbocycles. The third-order valence-electron chi connectivity index (χ3n) is 5.25. The molecular weight excluding hydrogens is 338 g/mol. The fourth-order valence-electron chi connectivity index (χ4n) is 4.08. The van der Waals surface area contributed by atoms with Crippen molar-refractivity contribution in [3.05, 3.63) is 65.2 Å². The van der Waals surface area contributed by atoms with Gasteiger partial charge in [-0.15, -0.1) is 0 Å². The molecule has 1 heterocycles. The van der Waals surface area contributed by atoms with Gasteiger partial charge in [-0.2, -0.15) is 0 Å². The summed E-state index contributed by atoms with van der Waals surface area (Å²) in [6, 6.07) is 15.5. The van der Waals surface area contributed by atoms with Gasteiger partial charge in [0.1, 0.15) is 0 Å². The van der Waals surface area contributed by atoms with E-state index in [1.807, 2.05) is 56.3 Å². The Hall–Kier alpha value is -2.66. The Kier molecular flexibility index (Phi) is 5.91. The predicted molar refractivity (Wildman–Crippen MR) is 106 cm³/mol. The summed E-state index contributed by atoms with van der Waals surface area (Å²) >= 11 is 0. The average Bonchev–Trinajstić information content (AvgIpc) is 2.62. The number of benzene rings is 2. The maximum Gasteiger partial charge on any atom is 0.287 e. The first kappa shape index (κ1) is 19.1. The van der Waals surface area contributed by atoms with Gasteiger partial charge in [-0.3, -0.25) is 9.59 Å². The van der Waals surface area contributed by atoms with E-state index < -0.39 is 0 Å². The highest BCUT2D eigenvalue weighted by molar-refractivity contribution is 5.94. The highest BCUT2D eigenvalue weighted by Gasteiger charge is 2.37. The van der Waals surface area contributed by atoms with Gasteiger partial charge in [0.05, 0.1) is 19.0 Å². The first-order valence-corrected chi connectivity index (χ1v) is 9.52. The van der Waals surface area contributed by atoms with Gasteiger partial charge < -0.3 is 16.0 Å². The van der Waals surface area contributed by atoms with Gasteiger partial charge in [0, 0.05) is 11.3 Å². The highest BCUT2D eigenvalue weighted by Crippen LogP contribution is 2.18. The maximum absolute atomic E-state index is 13.3. The number of primary amides is 1. The summed E-state index contributed by atoms with van der Waals surface area (Å²) < 4.78 is 0. The second kappa shape index (κ2) is 8.35. The fraction of sp³-hybridized carbons (Fsp3) is 0.364. The summed E-state index contributed by atoms with van der Waals surface area (Å²) in [5, 5.41) is 3.09. The van der Waals surface area contributed by atoms with Crippen molar-refractivity contribution >= 4 is 17.5 Å². The molecule has 0 radical (unpaired) electrons. The molecule has 2 amide bonds. The number of nitrogens with one attached hydrogen (secondary N) is 2. The molecule has 0 spiro atoms. The molecule has 2 aromatic rings. The van der Waals surface area contributed by atoms with E-state index in [0.29, 0.717) is 6.54 Å². The minimum atomic E-state index is -0.367. The molecule has 27 heavy (non-hydrogen) atoms. The van der Waals surface area contributed by atoms with E-state index in [0.717, 1.165) is 46.7 Å². The van der Waals surface area contributed by atoms with Crippen LogP contribution in [0.1, 0.15) is 35.6 Å². The van der Waals surface area contributed by atoms with Gasteiger partial charge in [0.25, 0.3) is 5.91 Å². The van der Waals surface area contributed by atoms with Crippen molar-refractivity contribution in [2.75, 3.05) is 18.4 Å². The van der Waals surface area contributed by atoms with Crippen LogP contribution in [0.25, 0.3) is 0 Å². The third-order valence-corrected chi connectivity index (χ3v) is 5.25. The fourth-order valence-corrected chi connectivity index (χ4v) is 4.08. The Balaban J connectivity index is 1.87. The van der Waals surface area contributed by atoms with Gasteiger partial charge in [0.15, 0.2) is 6.04 Å². The van der Waals surface area contributed by atoms with Crippen LogP contribution in [-0.2, 0) is 9.59 Å². The van der Waals surface area contributed by atoms with Gasteiger partial charge in [0.2, 0.25) is 5.91 Å². The number of hydrogen-bond donors (Lipinski definition) is 3. The van der Waals surface area contributed by atoms with E-state index in [9.17, 15) is 9.59 Å². The number of anilines is 1. The average molecular weight is 366 g/mol. The zero-order chi connectivity index (χ0) is 19.4. The minimum Gasteiger partial charge on any atom is -0.369 e. The van der Waals surface area contributed by atoms with E-state index in [1.54, 1.807) is 0 Å². The molecule has 2 aromatic carbocycles. The minimum absolute atomic E-state index is 0.0497. The topological polar surface area (TPSA) is 76.6 Å². The van der Waals surface area contributed by atoms with E-state index in [2.05, 4.69) is 11.4 Å². The van der Waals surface area contributed by atoms with E-state index >= 15 is 0 Å². The van der Waals surface area contributed by atoms with Crippen LogP contribution >= 0.6 is 0 Å². The van der Waals surface area contributed by atoms with Gasteiger partial charge >= 0.3 is 0 Å². The van der Waals surface area contributed by atoms with Crippen molar-refractivity contribution in [1.29, 1.82) is 0 Å². The lowest BCUT2D eigenvalue weighted by Crippen LogP contribution is -3.15. The van der Waals surface area contributed by atoms with Crippen LogP contribution in [0.15, 0.2) is 48.5 Å². The zero-order valence-corrected chi connectivity index (χ0v) is 16.0. The Bertz CT molecular complexity index is 799. The molecule has 1 aliphatic heterocycles. The molecular formula is C22H28N3O2+. The highest BCUT2D eigenvalue weighted by atomic mass is 16.2. The number of hydrogen-bond acceptors (Lipinski definition) is 2. The van der Waals surface area contributed by atoms with Crippen molar-refractivity contribution in [2.24, 2.45) is 11.7 Å². The molecule has 0 saturated carbocycles. The molecule has 0 bridgehead atoms. The summed E-state index contributed by atoms with van der Waals surface area (Å²) in [6.45, 7) is 5.48. The molecule has 1 aliphatic rings. The lowest BCUT2D eigenvalue weighted by atomic mass is 9.94. The quantitative estimate of drug-likeness (QED) is 0.754. The van der Waals surface area contributed by atoms with Gasteiger partial charge in [-0.1, -0.05) is 36.4 Å². The SMILES string of the molecule is Cc1cc(C)cc(NC(=O)[C@@H](c2ccccc2)[NH+]2CCC[C@H](C(N)=O)C2)c1. The first-order valence-electron chi connectivity index (χ1n) is 9.52. The zero-order valence-electron chi connectivity index (χ0n) is 16.0. The number of carbonyl (C=O) groups excluding carboxylic acids is 2. The van der Waals surface area contributed by atoms with E-state index in [-0.39, 0.29) is 23.8 Å². The lowest BCUT2D eigenvalue weighted by Gasteiger charge is -2.33. The second-order valence-electron chi connectivity index (χ2n) is 7.56. The van der Waals surface area contributed by atoms with Crippen molar-refractivity contribution < 1.29 is 14.5 Å². The summed E-state index contributed by atoms with van der Waals surface area (Å²) in [4.78, 5) is 26.1. The molecule has 4 N–H and O–H groups in total. The molecule has 3 atom stereocenters. The molecule has 5 nitrogen and oxygen atoms in total. The van der Waals surface area contributed by atoms with Crippen LogP contribution in [0, 0.1) is 19.8 Å². The lowest BCUT2D eigenvalue weighted by molar-refractivity contribution is -0.928. The number of nitrogens with two attached hydrogens (primary N) is 1. The van der Waals surface area contributed by atoms with Crippen LogP contribution in [0.2, 0.25) is 0 Å². The van der Waals surface area contributed by atoms with Crippen LogP contribution in [-0.4, -0.2) is 24.9 Å². The molecule has 1 fully saturated rings. The number of piperidine rings is 1. The molecule has 1 unspecified atom stereocenters. The Morgan fingerprint density at radius 3 is 2.41 bits per heavy atom. The number of carbonyl (C=O) groups is 2. The van der Waals surface area contributed by atoms with Crippen LogP contribution < -0.4 is 16.0 Å². The van der Waals surface area contributed by atoms with E-state index in [4.69, 9.17) is 5.73 Å². The van der Waals surface area contributed by atoms with Crippen molar-refractivity contribution in [1.82, 2.24) is 0 Å². The van der Waals surface area contributed by atoms with Crippen LogP contribution in [0.4, 0.5) is 5.69 Å². The second-order valence-corrected chi connectivity index (χ2v) is 7.56. The predicted octanol–water partition coefficient (Wildman–Crippen LogP) is 1.76.